The van der Waals surface area contributed by atoms with Gasteiger partial charge in [0, 0.05) is 50.3 Å². The van der Waals surface area contributed by atoms with Crippen LogP contribution in [0.3, 0.4) is 0 Å². The number of carbonyl (C=O) groups is 2. The number of hydrogen-bond acceptors (Lipinski definition) is 5. The van der Waals surface area contributed by atoms with Crippen molar-refractivity contribution in [2.45, 2.75) is 31.6 Å². The number of carbonyl (C=O) groups excluding carboxylic acids is 2. The lowest BCUT2D eigenvalue weighted by Crippen LogP contribution is -2.36. The maximum atomic E-state index is 13.4. The van der Waals surface area contributed by atoms with E-state index in [1.807, 2.05) is 35.9 Å². The van der Waals surface area contributed by atoms with Crippen molar-refractivity contribution in [3.8, 4) is 0 Å². The van der Waals surface area contributed by atoms with Gasteiger partial charge in [-0.2, -0.15) is 0 Å². The van der Waals surface area contributed by atoms with Crippen LogP contribution in [0.2, 0.25) is 0 Å². The van der Waals surface area contributed by atoms with Crippen molar-refractivity contribution >= 4 is 40.1 Å². The molecule has 2 N–H and O–H groups in total. The van der Waals surface area contributed by atoms with Crippen molar-refractivity contribution in [3.05, 3.63) is 97.4 Å². The topological polar surface area (TPSA) is 58.2 Å². The molecule has 0 radical (unpaired) electrons. The molecule has 3 heterocycles. The van der Waals surface area contributed by atoms with E-state index in [0.717, 1.165) is 22.7 Å². The van der Waals surface area contributed by atoms with Crippen molar-refractivity contribution in [2.75, 3.05) is 5.32 Å². The van der Waals surface area contributed by atoms with Gasteiger partial charge >= 0.3 is 0 Å². The molecule has 1 aliphatic heterocycles. The first kappa shape index (κ1) is 20.8. The molecule has 32 heavy (non-hydrogen) atoms. The number of thiophene rings is 2. The summed E-state index contributed by atoms with van der Waals surface area (Å²) in [5, 5.41) is 10.3. The lowest BCUT2D eigenvalue weighted by atomic mass is 9.74. The number of rotatable bonds is 4. The Kier molecular flexibility index (Phi) is 5.53. The maximum absolute atomic E-state index is 13.4. The van der Waals surface area contributed by atoms with E-state index in [1.54, 1.807) is 22.7 Å². The van der Waals surface area contributed by atoms with E-state index in [4.69, 9.17) is 0 Å². The SMILES string of the molecule is CC1=C(C(=O)Nc2ccc(F)cc2)[C@H](c2cccs2)C2=C(C[C@H](c3cccs3)CC2=O)N1. The zero-order valence-electron chi connectivity index (χ0n) is 17.4. The molecule has 0 unspecified atom stereocenters. The Balaban J connectivity index is 1.52. The highest BCUT2D eigenvalue weighted by Gasteiger charge is 2.41. The van der Waals surface area contributed by atoms with E-state index in [9.17, 15) is 14.0 Å². The molecule has 5 rings (SSSR count). The number of nitrogens with one attached hydrogen (secondary N) is 2. The van der Waals surface area contributed by atoms with Crippen LogP contribution in [0.4, 0.5) is 10.1 Å². The number of anilines is 1. The number of ketones is 1. The first-order valence-electron chi connectivity index (χ1n) is 10.4. The van der Waals surface area contributed by atoms with Gasteiger partial charge < -0.3 is 10.6 Å². The summed E-state index contributed by atoms with van der Waals surface area (Å²) < 4.78 is 13.3. The van der Waals surface area contributed by atoms with Gasteiger partial charge in [0.2, 0.25) is 0 Å². The van der Waals surface area contributed by atoms with Crippen LogP contribution < -0.4 is 10.6 Å². The zero-order chi connectivity index (χ0) is 22.2. The van der Waals surface area contributed by atoms with Gasteiger partial charge in [-0.3, -0.25) is 9.59 Å². The summed E-state index contributed by atoms with van der Waals surface area (Å²) >= 11 is 3.22. The molecule has 0 fully saturated rings. The molecule has 7 heteroatoms. The Morgan fingerprint density at radius 1 is 1.03 bits per heavy atom. The summed E-state index contributed by atoms with van der Waals surface area (Å²) in [5.41, 5.74) is 3.37. The Bertz CT molecular complexity index is 1230. The van der Waals surface area contributed by atoms with Crippen molar-refractivity contribution in [1.29, 1.82) is 0 Å². The smallest absolute Gasteiger partial charge is 0.254 e. The molecule has 3 aromatic rings. The van der Waals surface area contributed by atoms with E-state index in [2.05, 4.69) is 16.7 Å². The second-order valence-corrected chi connectivity index (χ2v) is 9.97. The fourth-order valence-corrected chi connectivity index (χ4v) is 6.21. The molecule has 1 amide bonds. The maximum Gasteiger partial charge on any atom is 0.254 e. The van der Waals surface area contributed by atoms with E-state index >= 15 is 0 Å². The third kappa shape index (κ3) is 3.82. The van der Waals surface area contributed by atoms with Crippen LogP contribution in [0.1, 0.15) is 41.4 Å². The van der Waals surface area contributed by atoms with E-state index in [-0.39, 0.29) is 23.4 Å². The lowest BCUT2D eigenvalue weighted by molar-refractivity contribution is -0.116. The molecule has 0 saturated carbocycles. The van der Waals surface area contributed by atoms with E-state index in [0.29, 0.717) is 23.3 Å². The minimum atomic E-state index is -0.413. The van der Waals surface area contributed by atoms with Crippen LogP contribution in [0.5, 0.6) is 0 Å². The molecule has 4 nitrogen and oxygen atoms in total. The lowest BCUT2D eigenvalue weighted by Gasteiger charge is -2.36. The third-order valence-electron chi connectivity index (χ3n) is 5.95. The van der Waals surface area contributed by atoms with Crippen molar-refractivity contribution in [3.63, 3.8) is 0 Å². The summed E-state index contributed by atoms with van der Waals surface area (Å²) in [4.78, 5) is 29.0. The molecule has 0 bridgehead atoms. The first-order valence-corrected chi connectivity index (χ1v) is 12.1. The number of Topliss-reactive ketones (excluding diaryl/α,β-unsaturated/α-hetero) is 1. The number of allylic oxidation sites excluding steroid dienone is 3. The Labute approximate surface area is 193 Å². The van der Waals surface area contributed by atoms with Crippen LogP contribution >= 0.6 is 22.7 Å². The molecule has 2 aliphatic rings. The molecule has 2 atom stereocenters. The number of dihydropyridines is 1. The highest BCUT2D eigenvalue weighted by atomic mass is 32.1. The van der Waals surface area contributed by atoms with Gasteiger partial charge in [0.05, 0.1) is 5.92 Å². The van der Waals surface area contributed by atoms with Gasteiger partial charge in [-0.25, -0.2) is 4.39 Å². The predicted octanol–water partition coefficient (Wildman–Crippen LogP) is 5.95. The van der Waals surface area contributed by atoms with E-state index in [1.165, 1.54) is 29.1 Å². The normalized spacial score (nSPS) is 20.8. The third-order valence-corrected chi connectivity index (χ3v) is 7.92. The van der Waals surface area contributed by atoms with Gasteiger partial charge in [-0.15, -0.1) is 22.7 Å². The van der Waals surface area contributed by atoms with Crippen molar-refractivity contribution in [2.24, 2.45) is 0 Å². The molecule has 1 aromatic carbocycles. The van der Waals surface area contributed by atoms with Gasteiger partial charge in [0.25, 0.3) is 5.91 Å². The molecule has 1 aliphatic carbocycles. The van der Waals surface area contributed by atoms with Crippen LogP contribution in [-0.2, 0) is 9.59 Å². The van der Waals surface area contributed by atoms with Crippen molar-refractivity contribution in [1.82, 2.24) is 5.32 Å². The Morgan fingerprint density at radius 3 is 2.38 bits per heavy atom. The molecule has 2 aromatic heterocycles. The second-order valence-electron chi connectivity index (χ2n) is 8.01. The quantitative estimate of drug-likeness (QED) is 0.502. The van der Waals surface area contributed by atoms with Gasteiger partial charge in [0.1, 0.15) is 5.82 Å². The molecule has 162 valence electrons. The zero-order valence-corrected chi connectivity index (χ0v) is 19.0. The Morgan fingerprint density at radius 2 is 1.72 bits per heavy atom. The summed E-state index contributed by atoms with van der Waals surface area (Å²) in [6, 6.07) is 13.7. The van der Waals surface area contributed by atoms with Crippen LogP contribution in [0, 0.1) is 5.82 Å². The number of hydrogen-bond donors (Lipinski definition) is 2. The molecule has 0 saturated heterocycles. The fraction of sp³-hybridized carbons (Fsp3) is 0.200. The number of halogens is 1. The van der Waals surface area contributed by atoms with Gasteiger partial charge in [-0.05, 0) is 60.5 Å². The number of benzene rings is 1. The minimum absolute atomic E-state index is 0.0788. The molecular weight excluding hydrogens is 443 g/mol. The monoisotopic (exact) mass is 464 g/mol. The fourth-order valence-electron chi connectivity index (χ4n) is 4.54. The van der Waals surface area contributed by atoms with Gasteiger partial charge in [-0.1, -0.05) is 12.1 Å². The average Bonchev–Trinajstić information content (AvgIpc) is 3.48. The average molecular weight is 465 g/mol. The Hall–Kier alpha value is -3.03. The highest BCUT2D eigenvalue weighted by molar-refractivity contribution is 7.10. The summed E-state index contributed by atoms with van der Waals surface area (Å²) in [5.74, 6) is -0.837. The summed E-state index contributed by atoms with van der Waals surface area (Å²) in [6.45, 7) is 1.88. The van der Waals surface area contributed by atoms with Gasteiger partial charge in [0.15, 0.2) is 5.78 Å². The van der Waals surface area contributed by atoms with Crippen LogP contribution in [0.15, 0.2) is 81.8 Å². The highest BCUT2D eigenvalue weighted by Crippen LogP contribution is 2.47. The van der Waals surface area contributed by atoms with Crippen molar-refractivity contribution < 1.29 is 14.0 Å². The predicted molar refractivity (Wildman–Crippen MR) is 126 cm³/mol. The summed E-state index contributed by atoms with van der Waals surface area (Å²) in [6.07, 6.45) is 1.18. The molecular formula is C25H21FN2O2S2. The van der Waals surface area contributed by atoms with Crippen LogP contribution in [0.25, 0.3) is 0 Å². The van der Waals surface area contributed by atoms with Crippen LogP contribution in [-0.4, -0.2) is 11.7 Å². The second kappa shape index (κ2) is 8.48. The summed E-state index contributed by atoms with van der Waals surface area (Å²) in [7, 11) is 0. The molecule has 0 spiro atoms. The van der Waals surface area contributed by atoms with E-state index < -0.39 is 5.92 Å². The minimum Gasteiger partial charge on any atom is -0.362 e. The number of amides is 1. The first-order chi connectivity index (χ1) is 15.5. The standard InChI is InChI=1S/C25H21FN2O2S2/c1-14-22(25(30)28-17-8-6-16(26)7-9-17)24(21-5-3-11-32-21)23-18(27-14)12-15(13-19(23)29)20-4-2-10-31-20/h2-11,15,24,27H,12-13H2,1H3,(H,28,30)/t15-,24-/m0/s1. The largest absolute Gasteiger partial charge is 0.362 e.